The van der Waals surface area contributed by atoms with E-state index >= 15 is 0 Å². The fourth-order valence-corrected chi connectivity index (χ4v) is 2.97. The molecular weight excluding hydrogens is 282 g/mol. The highest BCUT2D eigenvalue weighted by molar-refractivity contribution is 7.89. The lowest BCUT2D eigenvalue weighted by atomic mass is 10.2. The SMILES string of the molecule is Nc1cc(NCCc2ccsc2)cc(S(N)(=O)=O)c1. The van der Waals surface area contributed by atoms with Crippen LogP contribution in [-0.4, -0.2) is 15.0 Å². The summed E-state index contributed by atoms with van der Waals surface area (Å²) < 4.78 is 22.6. The van der Waals surface area contributed by atoms with Crippen LogP contribution < -0.4 is 16.2 Å². The van der Waals surface area contributed by atoms with Crippen LogP contribution in [0, 0.1) is 0 Å². The molecule has 1 aromatic carbocycles. The van der Waals surface area contributed by atoms with Crippen LogP contribution in [0.5, 0.6) is 0 Å². The van der Waals surface area contributed by atoms with Crippen molar-refractivity contribution < 1.29 is 8.42 Å². The van der Waals surface area contributed by atoms with E-state index in [4.69, 9.17) is 10.9 Å². The van der Waals surface area contributed by atoms with E-state index in [0.717, 1.165) is 6.42 Å². The molecule has 0 bridgehead atoms. The molecule has 2 aromatic rings. The van der Waals surface area contributed by atoms with Gasteiger partial charge in [-0.2, -0.15) is 11.3 Å². The number of primary sulfonamides is 1. The number of nitrogen functional groups attached to an aromatic ring is 1. The number of benzene rings is 1. The summed E-state index contributed by atoms with van der Waals surface area (Å²) >= 11 is 1.65. The standard InChI is InChI=1S/C12H15N3O2S2/c13-10-5-11(7-12(6-10)19(14,16)17)15-3-1-9-2-4-18-8-9/h2,4-8,15H,1,3,13H2,(H2,14,16,17). The van der Waals surface area contributed by atoms with Gasteiger partial charge in [-0.25, -0.2) is 13.6 Å². The Balaban J connectivity index is 2.06. The van der Waals surface area contributed by atoms with Crippen molar-refractivity contribution in [2.24, 2.45) is 5.14 Å². The highest BCUT2D eigenvalue weighted by Gasteiger charge is 2.09. The zero-order valence-electron chi connectivity index (χ0n) is 10.2. The van der Waals surface area contributed by atoms with Crippen molar-refractivity contribution in [3.63, 3.8) is 0 Å². The molecule has 0 saturated carbocycles. The summed E-state index contributed by atoms with van der Waals surface area (Å²) in [6, 6.07) is 6.57. The molecule has 1 heterocycles. The molecule has 0 aliphatic heterocycles. The van der Waals surface area contributed by atoms with Gasteiger partial charge in [0.15, 0.2) is 0 Å². The molecule has 7 heteroatoms. The van der Waals surface area contributed by atoms with Gasteiger partial charge in [0.1, 0.15) is 0 Å². The first-order valence-electron chi connectivity index (χ1n) is 5.63. The van der Waals surface area contributed by atoms with Crippen LogP contribution in [0.3, 0.4) is 0 Å². The van der Waals surface area contributed by atoms with E-state index in [1.165, 1.54) is 17.7 Å². The minimum absolute atomic E-state index is 0.0190. The van der Waals surface area contributed by atoms with Crippen LogP contribution in [0.2, 0.25) is 0 Å². The summed E-state index contributed by atoms with van der Waals surface area (Å²) in [5.41, 5.74) is 7.93. The summed E-state index contributed by atoms with van der Waals surface area (Å²) in [5, 5.41) is 12.3. The average molecular weight is 297 g/mol. The van der Waals surface area contributed by atoms with E-state index in [1.807, 2.05) is 5.38 Å². The second-order valence-electron chi connectivity index (χ2n) is 4.14. The Hall–Kier alpha value is -1.57. The Morgan fingerprint density at radius 2 is 2.05 bits per heavy atom. The van der Waals surface area contributed by atoms with Crippen molar-refractivity contribution >= 4 is 32.7 Å². The highest BCUT2D eigenvalue weighted by Crippen LogP contribution is 2.19. The van der Waals surface area contributed by atoms with Gasteiger partial charge in [-0.1, -0.05) is 0 Å². The third-order valence-electron chi connectivity index (χ3n) is 2.58. The number of rotatable bonds is 5. The number of nitrogens with one attached hydrogen (secondary N) is 1. The first-order chi connectivity index (χ1) is 8.95. The summed E-state index contributed by atoms with van der Waals surface area (Å²) in [5.74, 6) is 0. The second-order valence-corrected chi connectivity index (χ2v) is 6.49. The van der Waals surface area contributed by atoms with Crippen molar-refractivity contribution in [1.82, 2.24) is 0 Å². The zero-order valence-corrected chi connectivity index (χ0v) is 11.8. The molecule has 0 saturated heterocycles. The maximum absolute atomic E-state index is 11.3. The fraction of sp³-hybridized carbons (Fsp3) is 0.167. The van der Waals surface area contributed by atoms with Gasteiger partial charge in [-0.3, -0.25) is 0 Å². The molecule has 0 amide bonds. The van der Waals surface area contributed by atoms with Crippen LogP contribution >= 0.6 is 11.3 Å². The lowest BCUT2D eigenvalue weighted by Crippen LogP contribution is -2.13. The maximum Gasteiger partial charge on any atom is 0.238 e. The number of hydrogen-bond donors (Lipinski definition) is 3. The molecule has 0 aliphatic rings. The molecule has 0 unspecified atom stereocenters. The maximum atomic E-state index is 11.3. The van der Waals surface area contributed by atoms with Gasteiger partial charge in [0.25, 0.3) is 0 Å². The summed E-state index contributed by atoms with van der Waals surface area (Å²) in [7, 11) is -3.73. The van der Waals surface area contributed by atoms with Gasteiger partial charge in [0.05, 0.1) is 4.90 Å². The predicted molar refractivity (Wildman–Crippen MR) is 78.7 cm³/mol. The van der Waals surface area contributed by atoms with Crippen LogP contribution in [0.25, 0.3) is 0 Å². The Bertz CT molecular complexity index is 652. The van der Waals surface area contributed by atoms with Gasteiger partial charge >= 0.3 is 0 Å². The number of hydrogen-bond acceptors (Lipinski definition) is 5. The van der Waals surface area contributed by atoms with Crippen molar-refractivity contribution in [3.8, 4) is 0 Å². The Morgan fingerprint density at radius 1 is 1.26 bits per heavy atom. The monoisotopic (exact) mass is 297 g/mol. The van der Waals surface area contributed by atoms with Gasteiger partial charge in [-0.05, 0) is 47.0 Å². The average Bonchev–Trinajstić information content (AvgIpc) is 2.80. The van der Waals surface area contributed by atoms with Crippen molar-refractivity contribution in [3.05, 3.63) is 40.6 Å². The van der Waals surface area contributed by atoms with E-state index in [2.05, 4.69) is 16.8 Å². The first kappa shape index (κ1) is 13.9. The van der Waals surface area contributed by atoms with E-state index in [1.54, 1.807) is 17.4 Å². The molecule has 1 aromatic heterocycles. The zero-order chi connectivity index (χ0) is 13.9. The molecular formula is C12H15N3O2S2. The third kappa shape index (κ3) is 3.95. The van der Waals surface area contributed by atoms with E-state index in [0.29, 0.717) is 17.9 Å². The van der Waals surface area contributed by atoms with Crippen molar-refractivity contribution in [2.75, 3.05) is 17.6 Å². The van der Waals surface area contributed by atoms with E-state index < -0.39 is 10.0 Å². The fourth-order valence-electron chi connectivity index (χ4n) is 1.67. The molecule has 2 rings (SSSR count). The molecule has 102 valence electrons. The number of nitrogens with two attached hydrogens (primary N) is 2. The van der Waals surface area contributed by atoms with Gasteiger partial charge in [-0.15, -0.1) is 0 Å². The number of sulfonamides is 1. The van der Waals surface area contributed by atoms with E-state index in [9.17, 15) is 8.42 Å². The Kier molecular flexibility index (Phi) is 4.08. The summed E-state index contributed by atoms with van der Waals surface area (Å²) in [6.45, 7) is 0.699. The Labute approximate surface area is 116 Å². The molecule has 5 N–H and O–H groups in total. The van der Waals surface area contributed by atoms with Gasteiger partial charge in [0, 0.05) is 17.9 Å². The smallest absolute Gasteiger partial charge is 0.238 e. The molecule has 5 nitrogen and oxygen atoms in total. The van der Waals surface area contributed by atoms with Crippen molar-refractivity contribution in [1.29, 1.82) is 0 Å². The molecule has 0 aliphatic carbocycles. The normalized spacial score (nSPS) is 11.4. The molecule has 19 heavy (non-hydrogen) atoms. The first-order valence-corrected chi connectivity index (χ1v) is 8.12. The lowest BCUT2D eigenvalue weighted by molar-refractivity contribution is 0.598. The van der Waals surface area contributed by atoms with Crippen LogP contribution in [0.4, 0.5) is 11.4 Å². The quantitative estimate of drug-likeness (QED) is 0.731. The topological polar surface area (TPSA) is 98.2 Å². The third-order valence-corrected chi connectivity index (χ3v) is 4.21. The second kappa shape index (κ2) is 5.60. The summed E-state index contributed by atoms with van der Waals surface area (Å²) in [4.78, 5) is 0.0190. The minimum atomic E-state index is -3.73. The summed E-state index contributed by atoms with van der Waals surface area (Å²) in [6.07, 6.45) is 0.864. The minimum Gasteiger partial charge on any atom is -0.399 e. The predicted octanol–water partition coefficient (Wildman–Crippen LogP) is 1.63. The lowest BCUT2D eigenvalue weighted by Gasteiger charge is -2.08. The van der Waals surface area contributed by atoms with E-state index in [-0.39, 0.29) is 4.90 Å². The molecule has 0 radical (unpaired) electrons. The molecule has 0 atom stereocenters. The van der Waals surface area contributed by atoms with Crippen LogP contribution in [-0.2, 0) is 16.4 Å². The molecule has 0 fully saturated rings. The van der Waals surface area contributed by atoms with Crippen molar-refractivity contribution in [2.45, 2.75) is 11.3 Å². The largest absolute Gasteiger partial charge is 0.399 e. The number of anilines is 2. The van der Waals surface area contributed by atoms with Gasteiger partial charge in [0.2, 0.25) is 10.0 Å². The highest BCUT2D eigenvalue weighted by atomic mass is 32.2. The van der Waals surface area contributed by atoms with Crippen LogP contribution in [0.1, 0.15) is 5.56 Å². The van der Waals surface area contributed by atoms with Crippen LogP contribution in [0.15, 0.2) is 39.9 Å². The number of thiophene rings is 1. The van der Waals surface area contributed by atoms with Gasteiger partial charge < -0.3 is 11.1 Å². The Morgan fingerprint density at radius 3 is 2.68 bits per heavy atom. The molecule has 0 spiro atoms.